The Hall–Kier alpha value is -1.53. The summed E-state index contributed by atoms with van der Waals surface area (Å²) in [5.74, 6) is -0.301. The molecule has 0 aromatic rings. The predicted octanol–water partition coefficient (Wildman–Crippen LogP) is 5.86. The lowest BCUT2D eigenvalue weighted by molar-refractivity contribution is -0.135. The number of allylic oxidation sites excluding steroid dienone is 5. The number of carbonyl (C=O) groups excluding carboxylic acids is 1. The molecule has 0 saturated heterocycles. The van der Waals surface area contributed by atoms with Crippen molar-refractivity contribution < 1.29 is 9.53 Å². The molecule has 1 rings (SSSR count). The van der Waals surface area contributed by atoms with Gasteiger partial charge in [-0.1, -0.05) is 37.3 Å². The second kappa shape index (κ2) is 8.80. The fourth-order valence-electron chi connectivity index (χ4n) is 2.93. The van der Waals surface area contributed by atoms with Gasteiger partial charge in [-0.25, -0.2) is 0 Å². The van der Waals surface area contributed by atoms with Gasteiger partial charge in [0, 0.05) is 6.92 Å². The monoisotopic (exact) mass is 302 g/mol. The lowest BCUT2D eigenvalue weighted by Gasteiger charge is -2.32. The van der Waals surface area contributed by atoms with Crippen LogP contribution in [-0.4, -0.2) is 5.97 Å². The third kappa shape index (κ3) is 6.49. The van der Waals surface area contributed by atoms with Crippen LogP contribution in [0.2, 0.25) is 0 Å². The van der Waals surface area contributed by atoms with Crippen LogP contribution < -0.4 is 0 Å². The molecule has 0 unspecified atom stereocenters. The lowest BCUT2D eigenvalue weighted by atomic mass is 9.73. The highest BCUT2D eigenvalue weighted by molar-refractivity contribution is 5.66. The van der Waals surface area contributed by atoms with Gasteiger partial charge in [0.15, 0.2) is 0 Å². The van der Waals surface area contributed by atoms with Crippen LogP contribution in [0.25, 0.3) is 0 Å². The topological polar surface area (TPSA) is 26.3 Å². The summed E-state index contributed by atoms with van der Waals surface area (Å²) in [4.78, 5) is 10.6. The zero-order chi connectivity index (χ0) is 16.6. The number of ether oxygens (including phenoxy) is 1. The summed E-state index contributed by atoms with van der Waals surface area (Å²) < 4.78 is 4.74. The standard InChI is InChI=1S/C20H30O2/c1-16(13-15-22-18(3)21)10-7-6-8-12-19-17(2)11-9-14-20(19,4)5/h11-12,15H,6-10,14H2,1-5H3/b19-12+. The molecule has 0 saturated carbocycles. The fourth-order valence-corrected chi connectivity index (χ4v) is 2.93. The summed E-state index contributed by atoms with van der Waals surface area (Å²) in [6, 6.07) is 0. The molecule has 1 aliphatic rings. The van der Waals surface area contributed by atoms with Crippen LogP contribution in [0.5, 0.6) is 0 Å². The zero-order valence-corrected chi connectivity index (χ0v) is 14.8. The number of hydrogen-bond donors (Lipinski definition) is 0. The van der Waals surface area contributed by atoms with E-state index < -0.39 is 0 Å². The van der Waals surface area contributed by atoms with Gasteiger partial charge in [0.05, 0.1) is 0 Å². The number of hydrogen-bond acceptors (Lipinski definition) is 2. The van der Waals surface area contributed by atoms with Gasteiger partial charge in [0.2, 0.25) is 0 Å². The highest BCUT2D eigenvalue weighted by atomic mass is 16.5. The lowest BCUT2D eigenvalue weighted by Crippen LogP contribution is -2.18. The van der Waals surface area contributed by atoms with E-state index in [1.54, 1.807) is 0 Å². The van der Waals surface area contributed by atoms with Gasteiger partial charge in [-0.3, -0.25) is 4.79 Å². The molecule has 122 valence electrons. The van der Waals surface area contributed by atoms with Crippen molar-refractivity contribution in [2.45, 2.75) is 73.1 Å². The van der Waals surface area contributed by atoms with Crippen LogP contribution in [0.15, 0.2) is 40.9 Å². The number of rotatable bonds is 6. The van der Waals surface area contributed by atoms with E-state index in [1.165, 1.54) is 43.6 Å². The molecule has 0 atom stereocenters. The van der Waals surface area contributed by atoms with E-state index >= 15 is 0 Å². The summed E-state index contributed by atoms with van der Waals surface area (Å²) in [7, 11) is 0. The van der Waals surface area contributed by atoms with Gasteiger partial charge in [-0.05, 0) is 68.9 Å². The first-order chi connectivity index (χ1) is 10.3. The van der Waals surface area contributed by atoms with Crippen LogP contribution >= 0.6 is 0 Å². The molecule has 0 aromatic carbocycles. The summed E-state index contributed by atoms with van der Waals surface area (Å²) in [6.07, 6.45) is 13.1. The van der Waals surface area contributed by atoms with Gasteiger partial charge in [0.25, 0.3) is 0 Å². The smallest absolute Gasteiger partial charge is 0.308 e. The molecule has 0 bridgehead atoms. The summed E-state index contributed by atoms with van der Waals surface area (Å²) >= 11 is 0. The van der Waals surface area contributed by atoms with Crippen LogP contribution in [0.1, 0.15) is 73.1 Å². The van der Waals surface area contributed by atoms with Crippen LogP contribution in [0.3, 0.4) is 0 Å². The first-order valence-electron chi connectivity index (χ1n) is 8.28. The van der Waals surface area contributed by atoms with Gasteiger partial charge in [-0.15, -0.1) is 0 Å². The van der Waals surface area contributed by atoms with E-state index in [9.17, 15) is 4.79 Å². The fraction of sp³-hybridized carbons (Fsp3) is 0.600. The zero-order valence-electron chi connectivity index (χ0n) is 14.8. The molecule has 1 aliphatic carbocycles. The molecule has 2 nitrogen and oxygen atoms in total. The van der Waals surface area contributed by atoms with E-state index in [0.717, 1.165) is 24.8 Å². The average molecular weight is 302 g/mol. The first kappa shape index (κ1) is 18.5. The Morgan fingerprint density at radius 3 is 2.73 bits per heavy atom. The molecular formula is C20H30O2. The molecule has 0 radical (unpaired) electrons. The Balaban J connectivity index is 2.40. The first-order valence-corrected chi connectivity index (χ1v) is 8.28. The van der Waals surface area contributed by atoms with Crippen molar-refractivity contribution in [3.63, 3.8) is 0 Å². The van der Waals surface area contributed by atoms with Gasteiger partial charge in [-0.2, -0.15) is 0 Å². The van der Waals surface area contributed by atoms with E-state index in [1.807, 2.05) is 6.92 Å². The van der Waals surface area contributed by atoms with Crippen molar-refractivity contribution in [3.05, 3.63) is 40.9 Å². The molecule has 2 heteroatoms. The Morgan fingerprint density at radius 2 is 2.09 bits per heavy atom. The molecule has 0 fully saturated rings. The van der Waals surface area contributed by atoms with E-state index in [0.29, 0.717) is 5.41 Å². The van der Waals surface area contributed by atoms with Crippen molar-refractivity contribution in [1.29, 1.82) is 0 Å². The maximum atomic E-state index is 10.6. The maximum Gasteiger partial charge on any atom is 0.308 e. The molecule has 0 aromatic heterocycles. The maximum absolute atomic E-state index is 10.6. The van der Waals surface area contributed by atoms with Crippen molar-refractivity contribution in [3.8, 4) is 0 Å². The van der Waals surface area contributed by atoms with Gasteiger partial charge < -0.3 is 4.74 Å². The molecule has 0 heterocycles. The molecular weight excluding hydrogens is 272 g/mol. The van der Waals surface area contributed by atoms with Crippen molar-refractivity contribution in [2.24, 2.45) is 5.41 Å². The highest BCUT2D eigenvalue weighted by Crippen LogP contribution is 2.40. The summed E-state index contributed by atoms with van der Waals surface area (Å²) in [5.41, 5.74) is 7.43. The minimum atomic E-state index is -0.301. The van der Waals surface area contributed by atoms with E-state index in [4.69, 9.17) is 4.74 Å². The normalized spacial score (nSPS) is 18.4. The van der Waals surface area contributed by atoms with Crippen molar-refractivity contribution in [1.82, 2.24) is 0 Å². The van der Waals surface area contributed by atoms with Crippen LogP contribution in [0, 0.1) is 5.41 Å². The molecule has 0 amide bonds. The van der Waals surface area contributed by atoms with E-state index in [-0.39, 0.29) is 5.97 Å². The molecule has 0 aliphatic heterocycles. The summed E-state index contributed by atoms with van der Waals surface area (Å²) in [6.45, 7) is 10.4. The van der Waals surface area contributed by atoms with Crippen LogP contribution in [-0.2, 0) is 9.53 Å². The average Bonchev–Trinajstić information content (AvgIpc) is 2.40. The minimum absolute atomic E-state index is 0.301. The Morgan fingerprint density at radius 1 is 1.36 bits per heavy atom. The highest BCUT2D eigenvalue weighted by Gasteiger charge is 2.26. The second-order valence-corrected chi connectivity index (χ2v) is 6.83. The van der Waals surface area contributed by atoms with Crippen molar-refractivity contribution in [2.75, 3.05) is 0 Å². The largest absolute Gasteiger partial charge is 0.426 e. The molecule has 0 N–H and O–H groups in total. The quantitative estimate of drug-likeness (QED) is 0.266. The molecule has 22 heavy (non-hydrogen) atoms. The third-order valence-corrected chi connectivity index (χ3v) is 4.26. The van der Waals surface area contributed by atoms with Gasteiger partial charge >= 0.3 is 5.97 Å². The Bertz CT molecular complexity index is 512. The number of esters is 1. The molecule has 0 spiro atoms. The predicted molar refractivity (Wildman–Crippen MR) is 92.4 cm³/mol. The minimum Gasteiger partial charge on any atom is -0.426 e. The van der Waals surface area contributed by atoms with E-state index in [2.05, 4.69) is 38.7 Å². The third-order valence-electron chi connectivity index (χ3n) is 4.26. The van der Waals surface area contributed by atoms with Crippen molar-refractivity contribution >= 4 is 5.97 Å². The SMILES string of the molecule is CC(=O)OC=C=C(C)CCCC/C=C1\C(C)=CCCC1(C)C. The Kier molecular flexibility index (Phi) is 7.41. The number of carbonyl (C=O) groups is 1. The van der Waals surface area contributed by atoms with Gasteiger partial charge in [0.1, 0.15) is 6.26 Å². The van der Waals surface area contributed by atoms with Crippen LogP contribution in [0.4, 0.5) is 0 Å². The number of unbranched alkanes of at least 4 members (excludes halogenated alkanes) is 2. The summed E-state index contributed by atoms with van der Waals surface area (Å²) in [5, 5.41) is 0. The second-order valence-electron chi connectivity index (χ2n) is 6.83. The Labute approximate surface area is 135 Å².